The van der Waals surface area contributed by atoms with Gasteiger partial charge in [0.1, 0.15) is 0 Å². The first kappa shape index (κ1) is 17.8. The van der Waals surface area contributed by atoms with E-state index in [1.165, 1.54) is 11.1 Å². The Balaban J connectivity index is 1.71. The van der Waals surface area contributed by atoms with Gasteiger partial charge in [0.25, 0.3) is 0 Å². The highest BCUT2D eigenvalue weighted by molar-refractivity contribution is 5.42. The normalized spacial score (nSPS) is 12.6. The average Bonchev–Trinajstić information content (AvgIpc) is 2.67. The van der Waals surface area contributed by atoms with Crippen LogP contribution in [0.4, 0.5) is 17.1 Å². The molecule has 0 bridgehead atoms. The summed E-state index contributed by atoms with van der Waals surface area (Å²) in [4.78, 5) is 2.23. The third-order valence-corrected chi connectivity index (χ3v) is 4.35. The predicted octanol–water partition coefficient (Wildman–Crippen LogP) is 5.53. The zero-order valence-electron chi connectivity index (χ0n) is 15.2. The van der Waals surface area contributed by atoms with Crippen molar-refractivity contribution in [1.29, 1.82) is 0 Å². The standard InChI is InChI=1S/C22H24N4/c1-26(2)22(18-10-12-19(23)13-11-18)16-17-8-14-21(15-9-17)25-24-20-6-4-3-5-7-20/h3-15,22H,16,23H2,1-2H3. The van der Waals surface area contributed by atoms with Crippen LogP contribution in [0, 0.1) is 0 Å². The lowest BCUT2D eigenvalue weighted by atomic mass is 9.97. The molecule has 26 heavy (non-hydrogen) atoms. The van der Waals surface area contributed by atoms with Crippen molar-refractivity contribution < 1.29 is 0 Å². The summed E-state index contributed by atoms with van der Waals surface area (Å²) >= 11 is 0. The van der Waals surface area contributed by atoms with Crippen molar-refractivity contribution in [1.82, 2.24) is 4.90 Å². The van der Waals surface area contributed by atoms with Gasteiger partial charge in [0.05, 0.1) is 11.4 Å². The van der Waals surface area contributed by atoms with E-state index < -0.39 is 0 Å². The molecular weight excluding hydrogens is 320 g/mol. The van der Waals surface area contributed by atoms with E-state index in [4.69, 9.17) is 5.73 Å². The Kier molecular flexibility index (Phi) is 5.77. The number of anilines is 1. The van der Waals surface area contributed by atoms with Crippen LogP contribution >= 0.6 is 0 Å². The van der Waals surface area contributed by atoms with Gasteiger partial charge in [-0.1, -0.05) is 42.5 Å². The second kappa shape index (κ2) is 8.41. The lowest BCUT2D eigenvalue weighted by Gasteiger charge is -2.25. The first-order valence-electron chi connectivity index (χ1n) is 8.69. The zero-order valence-corrected chi connectivity index (χ0v) is 15.2. The van der Waals surface area contributed by atoms with Crippen LogP contribution in [-0.4, -0.2) is 19.0 Å². The lowest BCUT2D eigenvalue weighted by Crippen LogP contribution is -2.22. The minimum Gasteiger partial charge on any atom is -0.399 e. The van der Waals surface area contributed by atoms with Gasteiger partial charge in [0.15, 0.2) is 0 Å². The number of hydrogen-bond donors (Lipinski definition) is 1. The average molecular weight is 344 g/mol. The molecule has 4 nitrogen and oxygen atoms in total. The Morgan fingerprint density at radius 3 is 1.92 bits per heavy atom. The molecule has 0 aliphatic carbocycles. The van der Waals surface area contributed by atoms with Crippen molar-refractivity contribution in [3.63, 3.8) is 0 Å². The maximum atomic E-state index is 5.81. The van der Waals surface area contributed by atoms with Crippen molar-refractivity contribution in [3.8, 4) is 0 Å². The van der Waals surface area contributed by atoms with Gasteiger partial charge in [-0.05, 0) is 68.0 Å². The number of benzene rings is 3. The molecular formula is C22H24N4. The smallest absolute Gasteiger partial charge is 0.0857 e. The molecule has 3 aromatic rings. The summed E-state index contributed by atoms with van der Waals surface area (Å²) in [7, 11) is 4.20. The summed E-state index contributed by atoms with van der Waals surface area (Å²) in [6, 6.07) is 26.4. The van der Waals surface area contributed by atoms with Gasteiger partial charge in [-0.2, -0.15) is 10.2 Å². The Morgan fingerprint density at radius 1 is 0.769 bits per heavy atom. The molecule has 3 rings (SSSR count). The molecule has 0 fully saturated rings. The van der Waals surface area contributed by atoms with Gasteiger partial charge in [0.2, 0.25) is 0 Å². The fourth-order valence-electron chi connectivity index (χ4n) is 2.85. The molecule has 0 saturated heterocycles. The maximum Gasteiger partial charge on any atom is 0.0857 e. The van der Waals surface area contributed by atoms with Gasteiger partial charge in [-0.25, -0.2) is 0 Å². The molecule has 0 aliphatic rings. The molecule has 0 aromatic heterocycles. The molecule has 0 radical (unpaired) electrons. The van der Waals surface area contributed by atoms with Crippen LogP contribution in [0.3, 0.4) is 0 Å². The third kappa shape index (κ3) is 4.77. The molecule has 0 spiro atoms. The molecule has 1 atom stereocenters. The fourth-order valence-corrected chi connectivity index (χ4v) is 2.85. The van der Waals surface area contributed by atoms with Gasteiger partial charge in [-0.15, -0.1) is 0 Å². The van der Waals surface area contributed by atoms with E-state index in [1.807, 2.05) is 54.6 Å². The van der Waals surface area contributed by atoms with E-state index in [-0.39, 0.29) is 0 Å². The van der Waals surface area contributed by atoms with Crippen molar-refractivity contribution in [2.24, 2.45) is 10.2 Å². The molecule has 0 heterocycles. The fraction of sp³-hybridized carbons (Fsp3) is 0.182. The highest BCUT2D eigenvalue weighted by atomic mass is 15.1. The Bertz CT molecular complexity index is 838. The largest absolute Gasteiger partial charge is 0.399 e. The topological polar surface area (TPSA) is 54.0 Å². The van der Waals surface area contributed by atoms with Crippen LogP contribution in [0.1, 0.15) is 17.2 Å². The van der Waals surface area contributed by atoms with E-state index in [2.05, 4.69) is 53.5 Å². The minimum absolute atomic E-state index is 0.299. The third-order valence-electron chi connectivity index (χ3n) is 4.35. The summed E-state index contributed by atoms with van der Waals surface area (Å²) in [6.07, 6.45) is 0.924. The number of nitrogens with zero attached hydrogens (tertiary/aromatic N) is 3. The van der Waals surface area contributed by atoms with Crippen LogP contribution in [0.5, 0.6) is 0 Å². The monoisotopic (exact) mass is 344 g/mol. The van der Waals surface area contributed by atoms with E-state index in [0.29, 0.717) is 6.04 Å². The molecule has 0 amide bonds. The molecule has 0 saturated carbocycles. The predicted molar refractivity (Wildman–Crippen MR) is 108 cm³/mol. The Labute approximate surface area is 155 Å². The van der Waals surface area contributed by atoms with Gasteiger partial charge < -0.3 is 10.6 Å². The molecule has 2 N–H and O–H groups in total. The van der Waals surface area contributed by atoms with E-state index in [0.717, 1.165) is 23.5 Å². The summed E-state index contributed by atoms with van der Waals surface area (Å²) in [5, 5.41) is 8.56. The van der Waals surface area contributed by atoms with Crippen LogP contribution in [0.15, 0.2) is 89.1 Å². The summed E-state index contributed by atoms with van der Waals surface area (Å²) in [6.45, 7) is 0. The summed E-state index contributed by atoms with van der Waals surface area (Å²) < 4.78 is 0. The molecule has 132 valence electrons. The molecule has 3 aromatic carbocycles. The molecule has 4 heteroatoms. The SMILES string of the molecule is CN(C)C(Cc1ccc(N=Nc2ccccc2)cc1)c1ccc(N)cc1. The van der Waals surface area contributed by atoms with Gasteiger partial charge >= 0.3 is 0 Å². The van der Waals surface area contributed by atoms with Crippen LogP contribution in [0.2, 0.25) is 0 Å². The minimum atomic E-state index is 0.299. The zero-order chi connectivity index (χ0) is 18.4. The maximum absolute atomic E-state index is 5.81. The number of rotatable bonds is 6. The highest BCUT2D eigenvalue weighted by Gasteiger charge is 2.14. The van der Waals surface area contributed by atoms with Gasteiger partial charge in [-0.3, -0.25) is 0 Å². The highest BCUT2D eigenvalue weighted by Crippen LogP contribution is 2.25. The van der Waals surface area contributed by atoms with Gasteiger partial charge in [0, 0.05) is 11.7 Å². The van der Waals surface area contributed by atoms with E-state index >= 15 is 0 Å². The lowest BCUT2D eigenvalue weighted by molar-refractivity contribution is 0.297. The summed E-state index contributed by atoms with van der Waals surface area (Å²) in [5.74, 6) is 0. The number of azo groups is 1. The van der Waals surface area contributed by atoms with Crippen LogP contribution in [-0.2, 0) is 6.42 Å². The summed E-state index contributed by atoms with van der Waals surface area (Å²) in [5.41, 5.74) is 10.8. The van der Waals surface area contributed by atoms with Crippen molar-refractivity contribution in [3.05, 3.63) is 90.0 Å². The van der Waals surface area contributed by atoms with Crippen molar-refractivity contribution in [2.45, 2.75) is 12.5 Å². The quantitative estimate of drug-likeness (QED) is 0.472. The Morgan fingerprint density at radius 2 is 1.35 bits per heavy atom. The van der Waals surface area contributed by atoms with Crippen molar-refractivity contribution in [2.75, 3.05) is 19.8 Å². The number of nitrogen functional groups attached to an aromatic ring is 1. The number of nitrogens with two attached hydrogens (primary N) is 1. The number of likely N-dealkylation sites (N-methyl/N-ethyl adjacent to an activating group) is 1. The van der Waals surface area contributed by atoms with E-state index in [1.54, 1.807) is 0 Å². The van der Waals surface area contributed by atoms with Crippen LogP contribution < -0.4 is 5.73 Å². The first-order chi connectivity index (χ1) is 12.6. The second-order valence-electron chi connectivity index (χ2n) is 6.55. The first-order valence-corrected chi connectivity index (χ1v) is 8.69. The molecule has 0 aliphatic heterocycles. The van der Waals surface area contributed by atoms with Crippen molar-refractivity contribution >= 4 is 17.1 Å². The molecule has 1 unspecified atom stereocenters. The number of hydrogen-bond acceptors (Lipinski definition) is 4. The Hall–Kier alpha value is -2.98. The van der Waals surface area contributed by atoms with E-state index in [9.17, 15) is 0 Å². The second-order valence-corrected chi connectivity index (χ2v) is 6.55. The van der Waals surface area contributed by atoms with Crippen LogP contribution in [0.25, 0.3) is 0 Å².